The normalized spacial score (nSPS) is 11.9. The molecule has 10 heteroatoms. The van der Waals surface area contributed by atoms with Crippen LogP contribution in [0.5, 0.6) is 0 Å². The van der Waals surface area contributed by atoms with Crippen molar-refractivity contribution in [2.75, 3.05) is 17.9 Å². The second kappa shape index (κ2) is 13.9. The van der Waals surface area contributed by atoms with Crippen LogP contribution in [0.3, 0.4) is 0 Å². The van der Waals surface area contributed by atoms with E-state index in [4.69, 9.17) is 23.2 Å². The molecule has 0 radical (unpaired) electrons. The van der Waals surface area contributed by atoms with E-state index in [1.807, 2.05) is 30.3 Å². The van der Waals surface area contributed by atoms with Gasteiger partial charge in [-0.15, -0.1) is 0 Å². The molecule has 0 spiro atoms. The summed E-state index contributed by atoms with van der Waals surface area (Å²) < 4.78 is 29.1. The van der Waals surface area contributed by atoms with Crippen molar-refractivity contribution in [3.05, 3.63) is 130 Å². The average molecular weight is 625 g/mol. The highest BCUT2D eigenvalue weighted by molar-refractivity contribution is 7.92. The third kappa shape index (κ3) is 7.50. The van der Waals surface area contributed by atoms with E-state index in [1.54, 1.807) is 61.5 Å². The van der Waals surface area contributed by atoms with Gasteiger partial charge in [-0.3, -0.25) is 13.9 Å². The number of carbonyl (C=O) groups is 2. The van der Waals surface area contributed by atoms with Gasteiger partial charge in [0.2, 0.25) is 11.8 Å². The van der Waals surface area contributed by atoms with Crippen LogP contribution in [0.25, 0.3) is 0 Å². The van der Waals surface area contributed by atoms with Gasteiger partial charge in [0.05, 0.1) is 10.6 Å². The van der Waals surface area contributed by atoms with E-state index in [1.165, 1.54) is 30.1 Å². The summed E-state index contributed by atoms with van der Waals surface area (Å²) in [5.74, 6) is -0.939. The number of likely N-dealkylation sites (N-methyl/N-ethyl adjacent to an activating group) is 1. The van der Waals surface area contributed by atoms with E-state index in [-0.39, 0.29) is 29.5 Å². The Balaban J connectivity index is 1.81. The number of halogens is 2. The Morgan fingerprint density at radius 2 is 1.40 bits per heavy atom. The third-order valence-corrected chi connectivity index (χ3v) is 9.09. The van der Waals surface area contributed by atoms with Gasteiger partial charge in [0.15, 0.2) is 0 Å². The molecular weight excluding hydrogens is 593 g/mol. The van der Waals surface area contributed by atoms with Gasteiger partial charge in [-0.05, 0) is 60.0 Å². The largest absolute Gasteiger partial charge is 0.357 e. The van der Waals surface area contributed by atoms with Crippen LogP contribution in [0.15, 0.2) is 108 Å². The lowest BCUT2D eigenvalue weighted by atomic mass is 10.0. The summed E-state index contributed by atoms with van der Waals surface area (Å²) in [6, 6.07) is 28.1. The fourth-order valence-corrected chi connectivity index (χ4v) is 6.38. The van der Waals surface area contributed by atoms with Crippen molar-refractivity contribution >= 4 is 50.7 Å². The summed E-state index contributed by atoms with van der Waals surface area (Å²) >= 11 is 12.4. The molecule has 1 atom stereocenters. The predicted octanol–water partition coefficient (Wildman–Crippen LogP) is 5.88. The molecule has 1 unspecified atom stereocenters. The highest BCUT2D eigenvalue weighted by Crippen LogP contribution is 2.30. The zero-order valence-electron chi connectivity index (χ0n) is 23.2. The Morgan fingerprint density at radius 1 is 0.810 bits per heavy atom. The zero-order chi connectivity index (χ0) is 30.3. The van der Waals surface area contributed by atoms with Gasteiger partial charge < -0.3 is 10.2 Å². The van der Waals surface area contributed by atoms with Gasteiger partial charge in [0.25, 0.3) is 10.0 Å². The molecule has 0 aliphatic rings. The lowest BCUT2D eigenvalue weighted by Crippen LogP contribution is -2.53. The first-order chi connectivity index (χ1) is 20.1. The van der Waals surface area contributed by atoms with E-state index in [0.717, 1.165) is 15.4 Å². The van der Waals surface area contributed by atoms with Crippen LogP contribution in [-0.4, -0.2) is 44.8 Å². The van der Waals surface area contributed by atoms with E-state index >= 15 is 0 Å². The fourth-order valence-electron chi connectivity index (χ4n) is 4.59. The molecule has 0 heterocycles. The number of sulfonamides is 1. The summed E-state index contributed by atoms with van der Waals surface area (Å²) in [6.07, 6.45) is 0.224. The van der Waals surface area contributed by atoms with Crippen molar-refractivity contribution in [2.45, 2.75) is 30.8 Å². The number of hydrogen-bond donors (Lipinski definition) is 1. The van der Waals surface area contributed by atoms with E-state index in [0.29, 0.717) is 15.6 Å². The number of benzene rings is 4. The van der Waals surface area contributed by atoms with Crippen molar-refractivity contribution in [3.8, 4) is 0 Å². The molecule has 4 rings (SSSR count). The van der Waals surface area contributed by atoms with Crippen LogP contribution in [0.2, 0.25) is 10.0 Å². The highest BCUT2D eigenvalue weighted by atomic mass is 35.5. The molecule has 0 aliphatic heterocycles. The number of rotatable bonds is 11. The Hall–Kier alpha value is -3.85. The molecule has 0 fully saturated rings. The molecule has 4 aromatic rings. The average Bonchev–Trinajstić information content (AvgIpc) is 3.00. The predicted molar refractivity (Wildman–Crippen MR) is 167 cm³/mol. The number of nitrogens with one attached hydrogen (secondary N) is 1. The topological polar surface area (TPSA) is 86.8 Å². The second-order valence-corrected chi connectivity index (χ2v) is 12.5. The quantitative estimate of drug-likeness (QED) is 0.226. The van der Waals surface area contributed by atoms with Crippen LogP contribution in [0.1, 0.15) is 16.7 Å². The molecule has 0 saturated carbocycles. The monoisotopic (exact) mass is 623 g/mol. The lowest BCUT2D eigenvalue weighted by Gasteiger charge is -2.34. The van der Waals surface area contributed by atoms with Gasteiger partial charge >= 0.3 is 0 Å². The van der Waals surface area contributed by atoms with Crippen molar-refractivity contribution in [1.82, 2.24) is 10.2 Å². The van der Waals surface area contributed by atoms with Crippen molar-refractivity contribution < 1.29 is 18.0 Å². The first kappa shape index (κ1) is 31.1. The third-order valence-electron chi connectivity index (χ3n) is 6.83. The minimum Gasteiger partial charge on any atom is -0.357 e. The number of aryl methyl sites for hydroxylation is 1. The van der Waals surface area contributed by atoms with E-state index in [2.05, 4.69) is 5.32 Å². The summed E-state index contributed by atoms with van der Waals surface area (Å²) in [5.41, 5.74) is 2.46. The standard InChI is InChI=1S/C32H31Cl2N3O4S/c1-23-13-16-27(34)20-29(23)37(42(40,41)28-11-7-4-8-12-28)22-31(38)36(21-25-14-17-26(33)18-15-25)30(32(39)35-2)19-24-9-5-3-6-10-24/h3-18,20,30H,19,21-22H2,1-2H3,(H,35,39). The summed E-state index contributed by atoms with van der Waals surface area (Å²) in [4.78, 5) is 29.1. The van der Waals surface area contributed by atoms with E-state index in [9.17, 15) is 18.0 Å². The Kier molecular flexibility index (Phi) is 10.3. The molecule has 218 valence electrons. The Labute approximate surface area is 256 Å². The molecule has 4 aromatic carbocycles. The smallest absolute Gasteiger partial charge is 0.264 e. The molecule has 0 aromatic heterocycles. The molecule has 0 bridgehead atoms. The number of carbonyl (C=O) groups excluding carboxylic acids is 2. The number of hydrogen-bond acceptors (Lipinski definition) is 4. The maximum Gasteiger partial charge on any atom is 0.264 e. The number of nitrogens with zero attached hydrogens (tertiary/aromatic N) is 2. The SMILES string of the molecule is CNC(=O)C(Cc1ccccc1)N(Cc1ccc(Cl)cc1)C(=O)CN(c1cc(Cl)ccc1C)S(=O)(=O)c1ccccc1. The Bertz CT molecular complexity index is 1630. The van der Waals surface area contributed by atoms with Crippen LogP contribution < -0.4 is 9.62 Å². The summed E-state index contributed by atoms with van der Waals surface area (Å²) in [5, 5.41) is 3.52. The first-order valence-corrected chi connectivity index (χ1v) is 15.4. The van der Waals surface area contributed by atoms with Crippen molar-refractivity contribution in [2.24, 2.45) is 0 Å². The maximum absolute atomic E-state index is 14.3. The van der Waals surface area contributed by atoms with Crippen LogP contribution in [0, 0.1) is 6.92 Å². The summed E-state index contributed by atoms with van der Waals surface area (Å²) in [7, 11) is -2.69. The van der Waals surface area contributed by atoms with Gasteiger partial charge in [-0.25, -0.2) is 8.42 Å². The molecule has 2 amide bonds. The van der Waals surface area contributed by atoms with Crippen LogP contribution >= 0.6 is 23.2 Å². The van der Waals surface area contributed by atoms with Crippen molar-refractivity contribution in [3.63, 3.8) is 0 Å². The molecule has 42 heavy (non-hydrogen) atoms. The van der Waals surface area contributed by atoms with Gasteiger partial charge in [0, 0.05) is 30.1 Å². The highest BCUT2D eigenvalue weighted by Gasteiger charge is 2.34. The van der Waals surface area contributed by atoms with E-state index < -0.39 is 28.5 Å². The molecule has 0 aliphatic carbocycles. The minimum absolute atomic E-state index is 0.0218. The fraction of sp³-hybridized carbons (Fsp3) is 0.188. The van der Waals surface area contributed by atoms with Gasteiger partial charge in [-0.1, -0.05) is 89.9 Å². The number of anilines is 1. The first-order valence-electron chi connectivity index (χ1n) is 13.2. The minimum atomic E-state index is -4.20. The zero-order valence-corrected chi connectivity index (χ0v) is 25.5. The lowest BCUT2D eigenvalue weighted by molar-refractivity contribution is -0.139. The Morgan fingerprint density at radius 3 is 2.02 bits per heavy atom. The van der Waals surface area contributed by atoms with Crippen molar-refractivity contribution in [1.29, 1.82) is 0 Å². The van der Waals surface area contributed by atoms with Gasteiger partial charge in [-0.2, -0.15) is 0 Å². The molecule has 7 nitrogen and oxygen atoms in total. The molecule has 0 saturated heterocycles. The number of amides is 2. The second-order valence-electron chi connectivity index (χ2n) is 9.72. The summed E-state index contributed by atoms with van der Waals surface area (Å²) in [6.45, 7) is 1.24. The van der Waals surface area contributed by atoms with Gasteiger partial charge in [0.1, 0.15) is 12.6 Å². The molecular formula is C32H31Cl2N3O4S. The van der Waals surface area contributed by atoms with Crippen LogP contribution in [-0.2, 0) is 32.6 Å². The molecule has 1 N–H and O–H groups in total. The maximum atomic E-state index is 14.3. The van der Waals surface area contributed by atoms with Crippen LogP contribution in [0.4, 0.5) is 5.69 Å².